The zero-order valence-corrected chi connectivity index (χ0v) is 80.6. The molecule has 136 heavy (non-hydrogen) atoms. The van der Waals surface area contributed by atoms with Crippen molar-refractivity contribution in [2.75, 3.05) is 0 Å². The Morgan fingerprint density at radius 2 is 0.551 bits per heavy atom. The van der Waals surface area contributed by atoms with Crippen LogP contribution >= 0.6 is 0 Å². The van der Waals surface area contributed by atoms with Gasteiger partial charge in [-0.2, -0.15) is 0 Å². The monoisotopic (exact) mass is 1780 g/mol. The number of para-hydroxylation sites is 5. The lowest BCUT2D eigenvalue weighted by molar-refractivity contribution is -0.661. The van der Waals surface area contributed by atoms with Crippen LogP contribution in [-0.4, -0.2) is 24.9 Å². The SMILES string of the molecule is Cc1cc(-c2c(C)ccc3c2oc2nc4ccccc4cc23)[n+](C)cc1C.Cc1cc(C)c2c(oc3nc4ccccc4cc32)c1-c1cccc[n+]1C.Cc1cc[n+](C)c(-c2c(C)cc(C)c3c2oc2nc4ccccc4cc23)c1.Cc1ccc(-c2c(C)cc(C)c3c2oc2nc4ccccc4cc23)[n+](C)c1.Cc1ccc2c(oc3nc4ccccc4cc32)c1-c1ccc(C(C)(C)C)c[n+]1C. The van der Waals surface area contributed by atoms with Crippen molar-refractivity contribution in [1.29, 1.82) is 0 Å². The first-order valence-corrected chi connectivity index (χ1v) is 46.5. The normalized spacial score (nSPS) is 11.8. The van der Waals surface area contributed by atoms with Gasteiger partial charge in [0.05, 0.1) is 55.4 Å². The van der Waals surface area contributed by atoms with Crippen molar-refractivity contribution in [1.82, 2.24) is 24.9 Å². The lowest BCUT2D eigenvalue weighted by atomic mass is 9.88. The second kappa shape index (κ2) is 33.9. The number of aromatic nitrogens is 10. The van der Waals surface area contributed by atoms with E-state index in [4.69, 9.17) is 47.0 Å². The van der Waals surface area contributed by atoms with Crippen molar-refractivity contribution in [3.8, 4) is 56.3 Å². The molecular weight excluding hydrogens is 1670 g/mol. The summed E-state index contributed by atoms with van der Waals surface area (Å²) in [5.74, 6) is 0. The molecule has 25 rings (SSSR count). The summed E-state index contributed by atoms with van der Waals surface area (Å²) in [7, 11) is 10.4. The Morgan fingerprint density at radius 1 is 0.221 bits per heavy atom. The number of rotatable bonds is 5. The summed E-state index contributed by atoms with van der Waals surface area (Å²) in [5, 5.41) is 16.7. The van der Waals surface area contributed by atoms with Crippen molar-refractivity contribution in [3.63, 3.8) is 0 Å². The summed E-state index contributed by atoms with van der Waals surface area (Å²) in [4.78, 5) is 23.9. The molecule has 0 amide bonds. The van der Waals surface area contributed by atoms with Crippen molar-refractivity contribution in [2.24, 2.45) is 35.2 Å². The van der Waals surface area contributed by atoms with E-state index in [1.165, 1.54) is 72.3 Å². The van der Waals surface area contributed by atoms with Gasteiger partial charge in [-0.1, -0.05) is 154 Å². The number of aryl methyl sites for hydroxylation is 17. The Hall–Kier alpha value is -16.0. The predicted octanol–water partition coefficient (Wildman–Crippen LogP) is 28.1. The van der Waals surface area contributed by atoms with Crippen LogP contribution in [0.2, 0.25) is 0 Å². The van der Waals surface area contributed by atoms with Gasteiger partial charge in [0.1, 0.15) is 35.2 Å². The number of pyridine rings is 10. The predicted molar refractivity (Wildman–Crippen MR) is 554 cm³/mol. The lowest BCUT2D eigenvalue weighted by Crippen LogP contribution is -2.33. The third kappa shape index (κ3) is 15.3. The van der Waals surface area contributed by atoms with Crippen LogP contribution in [0.4, 0.5) is 0 Å². The van der Waals surface area contributed by atoms with Crippen LogP contribution in [0.15, 0.2) is 308 Å². The number of furan rings is 5. The van der Waals surface area contributed by atoms with Crippen LogP contribution in [0.3, 0.4) is 0 Å². The Morgan fingerprint density at radius 3 is 0.956 bits per heavy atom. The highest BCUT2D eigenvalue weighted by Crippen LogP contribution is 2.46. The standard InChI is InChI=1S/C26H25N2O.3C24H21N2O.C23H19N2O/c1-16-10-12-19-20-14-17-8-6-7-9-21(17)27-25(20)29-24(19)23(16)22-13-11-18(15-28(22)5)26(2,3)4;1-14-9-10-18-19-12-17-7-5-6-8-20(17)25-24(19)27-23(18)22(14)21-11-15(2)16(3)13-26(21)4;1-14-9-10-20(26(4)13-14)22-16(3)11-15(2)21-18-12-17-7-5-6-8-19(17)25-24(18)27-23(21)22;1-14-9-10-26(4)20(11-14)22-16(3)12-15(2)21-18-13-17-7-5-6-8-19(17)25-24(18)27-23(21)22;1-14-12-15(2)21(19-10-6-7-11-25(19)3)22-20(14)17-13-16-8-4-5-9-18(16)24-23(17)26-22/h6-15H,1-5H3;3*5-13H,1-4H3;4-13H,1-3H3/q5*+1. The van der Waals surface area contributed by atoms with Crippen LogP contribution in [-0.2, 0) is 40.7 Å². The number of hydrogen-bond acceptors (Lipinski definition) is 10. The molecule has 0 radical (unpaired) electrons. The molecule has 25 aromatic rings. The molecule has 15 heteroatoms. The van der Waals surface area contributed by atoms with Gasteiger partial charge in [-0.15, -0.1) is 0 Å². The Labute approximate surface area is 788 Å². The summed E-state index contributed by atoms with van der Waals surface area (Å²) >= 11 is 0. The largest absolute Gasteiger partial charge is 0.437 e. The molecule has 0 bridgehead atoms. The Bertz CT molecular complexity index is 9280. The van der Waals surface area contributed by atoms with E-state index in [1.807, 2.05) is 97.1 Å². The molecule has 10 aromatic carbocycles. The fourth-order valence-electron chi connectivity index (χ4n) is 20.2. The minimum Gasteiger partial charge on any atom is -0.437 e. The smallest absolute Gasteiger partial charge is 0.227 e. The highest BCUT2D eigenvalue weighted by molar-refractivity contribution is 6.17. The Balaban J connectivity index is 0.000000102. The molecule has 0 aliphatic heterocycles. The van der Waals surface area contributed by atoms with E-state index in [2.05, 4.69) is 351 Å². The van der Waals surface area contributed by atoms with E-state index >= 15 is 0 Å². The summed E-state index contributed by atoms with van der Waals surface area (Å²) in [6.45, 7) is 32.4. The van der Waals surface area contributed by atoms with E-state index < -0.39 is 0 Å². The van der Waals surface area contributed by atoms with Crippen LogP contribution in [0.1, 0.15) is 93.1 Å². The van der Waals surface area contributed by atoms with Gasteiger partial charge in [-0.05, 0) is 223 Å². The summed E-state index contributed by atoms with van der Waals surface area (Å²) in [6, 6.07) is 88.9. The first kappa shape index (κ1) is 86.7. The van der Waals surface area contributed by atoms with Crippen molar-refractivity contribution >= 4 is 165 Å². The van der Waals surface area contributed by atoms with Gasteiger partial charge in [0, 0.05) is 140 Å². The molecule has 0 unspecified atom stereocenters. The van der Waals surface area contributed by atoms with E-state index in [0.717, 1.165) is 193 Å². The van der Waals surface area contributed by atoms with E-state index in [9.17, 15) is 0 Å². The lowest BCUT2D eigenvalue weighted by Gasteiger charge is -2.17. The molecule has 0 saturated heterocycles. The van der Waals surface area contributed by atoms with Crippen molar-refractivity contribution in [3.05, 3.63) is 358 Å². The zero-order valence-electron chi connectivity index (χ0n) is 80.6. The van der Waals surface area contributed by atoms with Gasteiger partial charge in [0.2, 0.25) is 57.0 Å². The molecule has 0 saturated carbocycles. The highest BCUT2D eigenvalue weighted by Gasteiger charge is 2.31. The molecular formula is C121H107N10O5+5. The maximum Gasteiger partial charge on any atom is 0.227 e. The molecule has 15 nitrogen and oxygen atoms in total. The summed E-state index contributed by atoms with van der Waals surface area (Å²) in [6.07, 6.45) is 10.7. The first-order valence-electron chi connectivity index (χ1n) is 46.5. The number of hydrogen-bond donors (Lipinski definition) is 0. The quantitative estimate of drug-likeness (QED) is 0.152. The fourth-order valence-corrected chi connectivity index (χ4v) is 20.2. The molecule has 15 heterocycles. The summed E-state index contributed by atoms with van der Waals surface area (Å²) < 4.78 is 42.6. The highest BCUT2D eigenvalue weighted by atomic mass is 16.4. The van der Waals surface area contributed by atoms with Gasteiger partial charge in [-0.3, -0.25) is 0 Å². The molecule has 0 N–H and O–H groups in total. The van der Waals surface area contributed by atoms with Gasteiger partial charge >= 0.3 is 0 Å². The van der Waals surface area contributed by atoms with Crippen LogP contribution < -0.4 is 22.8 Å². The van der Waals surface area contributed by atoms with E-state index in [1.54, 1.807) is 0 Å². The van der Waals surface area contributed by atoms with Crippen LogP contribution in [0.5, 0.6) is 0 Å². The maximum atomic E-state index is 6.38. The number of benzene rings is 10. The third-order valence-corrected chi connectivity index (χ3v) is 27.3. The second-order valence-corrected chi connectivity index (χ2v) is 38.1. The molecule has 0 spiro atoms. The molecule has 0 atom stereocenters. The molecule has 0 fully saturated rings. The first-order chi connectivity index (χ1) is 65.5. The molecule has 666 valence electrons. The minimum atomic E-state index is 0.112. The maximum absolute atomic E-state index is 6.38. The number of fused-ring (bicyclic) bond motifs is 20. The van der Waals surface area contributed by atoms with Crippen LogP contribution in [0.25, 0.3) is 221 Å². The minimum absolute atomic E-state index is 0.112. The topological polar surface area (TPSA) is 150 Å². The van der Waals surface area contributed by atoms with Crippen molar-refractivity contribution in [2.45, 2.75) is 109 Å². The molecule has 0 aliphatic rings. The Kier molecular flexibility index (Phi) is 21.6. The molecule has 15 aromatic heterocycles. The van der Waals surface area contributed by atoms with Crippen LogP contribution in [0, 0.1) is 83.1 Å². The average Bonchev–Trinajstić information content (AvgIpc) is 1.60. The average molecular weight is 1780 g/mol. The van der Waals surface area contributed by atoms with Gasteiger partial charge in [0.15, 0.2) is 58.9 Å². The van der Waals surface area contributed by atoms with Gasteiger partial charge < -0.3 is 22.1 Å². The van der Waals surface area contributed by atoms with E-state index in [0.29, 0.717) is 28.6 Å². The summed E-state index contributed by atoms with van der Waals surface area (Å²) in [5.41, 5.74) is 40.4. The molecule has 0 aliphatic carbocycles. The van der Waals surface area contributed by atoms with E-state index in [-0.39, 0.29) is 5.41 Å². The van der Waals surface area contributed by atoms with Crippen molar-refractivity contribution < 1.29 is 44.9 Å². The fraction of sp³-hybridized carbons (Fsp3) is 0.174. The zero-order chi connectivity index (χ0) is 94.3. The van der Waals surface area contributed by atoms with Gasteiger partial charge in [0.25, 0.3) is 0 Å². The second-order valence-electron chi connectivity index (χ2n) is 38.1. The number of nitrogens with zero attached hydrogens (tertiary/aromatic N) is 10. The third-order valence-electron chi connectivity index (χ3n) is 27.3. The van der Waals surface area contributed by atoms with Gasteiger partial charge in [-0.25, -0.2) is 47.8 Å².